The number of para-hydroxylation sites is 1. The van der Waals surface area contributed by atoms with Crippen LogP contribution < -0.4 is 9.62 Å². The van der Waals surface area contributed by atoms with Crippen LogP contribution in [-0.4, -0.2) is 14.3 Å². The number of halogens is 1. The fourth-order valence-corrected chi connectivity index (χ4v) is 6.48. The van der Waals surface area contributed by atoms with Gasteiger partial charge in [-0.25, -0.2) is 8.42 Å². The van der Waals surface area contributed by atoms with Gasteiger partial charge in [0, 0.05) is 5.02 Å². The molecule has 42 heavy (non-hydrogen) atoms. The van der Waals surface area contributed by atoms with Crippen LogP contribution in [0.25, 0.3) is 0 Å². The molecule has 1 amide bonds. The van der Waals surface area contributed by atoms with Gasteiger partial charge in [0.05, 0.1) is 28.7 Å². The molecule has 212 valence electrons. The lowest BCUT2D eigenvalue weighted by molar-refractivity contribution is 0.0943. The number of anilines is 1. The van der Waals surface area contributed by atoms with E-state index < -0.39 is 16.1 Å². The van der Waals surface area contributed by atoms with Gasteiger partial charge in [-0.05, 0) is 72.5 Å². The second-order valence-corrected chi connectivity index (χ2v) is 12.4. The van der Waals surface area contributed by atoms with Gasteiger partial charge in [-0.3, -0.25) is 9.10 Å². The van der Waals surface area contributed by atoms with Gasteiger partial charge in [-0.1, -0.05) is 108 Å². The van der Waals surface area contributed by atoms with Crippen molar-refractivity contribution in [3.8, 4) is 0 Å². The summed E-state index contributed by atoms with van der Waals surface area (Å²) < 4.78 is 29.6. The molecule has 5 aromatic carbocycles. The lowest BCUT2D eigenvalue weighted by Crippen LogP contribution is -2.35. The van der Waals surface area contributed by atoms with Gasteiger partial charge < -0.3 is 5.32 Å². The summed E-state index contributed by atoms with van der Waals surface area (Å²) in [6.07, 6.45) is 0. The van der Waals surface area contributed by atoms with Crippen molar-refractivity contribution in [1.82, 2.24) is 5.32 Å². The smallest absolute Gasteiger partial charge is 0.264 e. The van der Waals surface area contributed by atoms with Crippen molar-refractivity contribution in [3.63, 3.8) is 0 Å². The predicted octanol–water partition coefficient (Wildman–Crippen LogP) is 7.87. The minimum absolute atomic E-state index is 0.0115. The molecular weight excluding hydrogens is 564 g/mol. The van der Waals surface area contributed by atoms with E-state index in [1.807, 2.05) is 68.4 Å². The highest BCUT2D eigenvalue weighted by atomic mass is 35.5. The fraction of sp³-hybridized carbons (Fsp3) is 0.114. The van der Waals surface area contributed by atoms with Crippen molar-refractivity contribution in [2.45, 2.75) is 31.3 Å². The topological polar surface area (TPSA) is 66.5 Å². The number of hydrogen-bond donors (Lipinski definition) is 1. The van der Waals surface area contributed by atoms with Crippen LogP contribution in [0.2, 0.25) is 5.02 Å². The Hall–Kier alpha value is -4.39. The maximum absolute atomic E-state index is 14.2. The monoisotopic (exact) mass is 594 g/mol. The lowest BCUT2D eigenvalue weighted by atomic mass is 9.94. The van der Waals surface area contributed by atoms with Gasteiger partial charge in [-0.2, -0.15) is 0 Å². The maximum Gasteiger partial charge on any atom is 0.264 e. The first-order chi connectivity index (χ1) is 20.2. The summed E-state index contributed by atoms with van der Waals surface area (Å²) in [7, 11) is -4.05. The van der Waals surface area contributed by atoms with E-state index in [2.05, 4.69) is 5.32 Å². The molecule has 5 rings (SSSR count). The molecule has 5 aromatic rings. The Morgan fingerprint density at radius 2 is 1.38 bits per heavy atom. The van der Waals surface area contributed by atoms with E-state index in [0.29, 0.717) is 5.02 Å². The highest BCUT2D eigenvalue weighted by molar-refractivity contribution is 7.92. The highest BCUT2D eigenvalue weighted by Crippen LogP contribution is 2.31. The van der Waals surface area contributed by atoms with Crippen molar-refractivity contribution < 1.29 is 13.2 Å². The predicted molar refractivity (Wildman–Crippen MR) is 169 cm³/mol. The fourth-order valence-electron chi connectivity index (χ4n) is 4.88. The SMILES string of the molecule is Cc1ccc(S(=O)(=O)N(Cc2ccc(Cl)cc2)c2ccccc2C(=O)NC(c2ccccc2)c2ccccc2C)cc1. The summed E-state index contributed by atoms with van der Waals surface area (Å²) >= 11 is 6.11. The van der Waals surface area contributed by atoms with E-state index in [1.165, 1.54) is 4.31 Å². The summed E-state index contributed by atoms with van der Waals surface area (Å²) in [6, 6.07) is 37.7. The van der Waals surface area contributed by atoms with E-state index in [9.17, 15) is 13.2 Å². The quantitative estimate of drug-likeness (QED) is 0.189. The van der Waals surface area contributed by atoms with E-state index in [0.717, 1.165) is 27.8 Å². The molecule has 0 heterocycles. The number of benzene rings is 5. The number of nitrogens with zero attached hydrogens (tertiary/aromatic N) is 1. The second-order valence-electron chi connectivity index (χ2n) is 10.1. The average Bonchev–Trinajstić information content (AvgIpc) is 3.00. The van der Waals surface area contributed by atoms with Crippen LogP contribution in [0.5, 0.6) is 0 Å². The van der Waals surface area contributed by atoms with E-state index in [1.54, 1.807) is 72.8 Å². The molecule has 7 heteroatoms. The van der Waals surface area contributed by atoms with Crippen LogP contribution in [0.3, 0.4) is 0 Å². The molecule has 0 aliphatic rings. The molecule has 0 fully saturated rings. The molecule has 0 aliphatic heterocycles. The van der Waals surface area contributed by atoms with Crippen LogP contribution in [0.1, 0.15) is 44.2 Å². The average molecular weight is 595 g/mol. The minimum Gasteiger partial charge on any atom is -0.341 e. The molecule has 0 bridgehead atoms. The van der Waals surface area contributed by atoms with E-state index >= 15 is 0 Å². The van der Waals surface area contributed by atoms with Gasteiger partial charge in [0.25, 0.3) is 15.9 Å². The molecule has 0 aliphatic carbocycles. The van der Waals surface area contributed by atoms with Crippen molar-refractivity contribution in [3.05, 3.63) is 166 Å². The van der Waals surface area contributed by atoms with Crippen LogP contribution in [0, 0.1) is 13.8 Å². The normalized spacial score (nSPS) is 12.0. The first-order valence-electron chi connectivity index (χ1n) is 13.6. The summed E-state index contributed by atoms with van der Waals surface area (Å²) in [5, 5.41) is 3.74. The molecule has 1 unspecified atom stereocenters. The summed E-state index contributed by atoms with van der Waals surface area (Å²) in [5.41, 5.74) is 5.11. The zero-order valence-corrected chi connectivity index (χ0v) is 24.9. The molecule has 1 N–H and O–H groups in total. The number of carbonyl (C=O) groups excluding carboxylic acids is 1. The first kappa shape index (κ1) is 29.1. The van der Waals surface area contributed by atoms with Crippen molar-refractivity contribution in [1.29, 1.82) is 0 Å². The number of carbonyl (C=O) groups is 1. The third kappa shape index (κ3) is 6.40. The van der Waals surface area contributed by atoms with Crippen molar-refractivity contribution in [2.75, 3.05) is 4.31 Å². The van der Waals surface area contributed by atoms with Crippen LogP contribution in [-0.2, 0) is 16.6 Å². The van der Waals surface area contributed by atoms with Gasteiger partial charge in [0.15, 0.2) is 0 Å². The van der Waals surface area contributed by atoms with Gasteiger partial charge in [0.1, 0.15) is 0 Å². The molecule has 1 atom stereocenters. The van der Waals surface area contributed by atoms with Crippen LogP contribution in [0.15, 0.2) is 132 Å². The van der Waals surface area contributed by atoms with Crippen molar-refractivity contribution in [2.24, 2.45) is 0 Å². The summed E-state index contributed by atoms with van der Waals surface area (Å²) in [6.45, 7) is 3.92. The first-order valence-corrected chi connectivity index (χ1v) is 15.4. The Labute approximate surface area is 252 Å². The Balaban J connectivity index is 1.59. The van der Waals surface area contributed by atoms with Crippen LogP contribution >= 0.6 is 11.6 Å². The zero-order chi connectivity index (χ0) is 29.7. The van der Waals surface area contributed by atoms with Crippen molar-refractivity contribution >= 4 is 33.2 Å². The maximum atomic E-state index is 14.2. The largest absolute Gasteiger partial charge is 0.341 e. The van der Waals surface area contributed by atoms with Gasteiger partial charge in [-0.15, -0.1) is 0 Å². The van der Waals surface area contributed by atoms with Gasteiger partial charge >= 0.3 is 0 Å². The van der Waals surface area contributed by atoms with Gasteiger partial charge in [0.2, 0.25) is 0 Å². The molecule has 5 nitrogen and oxygen atoms in total. The molecule has 0 saturated heterocycles. The number of rotatable bonds is 9. The highest BCUT2D eigenvalue weighted by Gasteiger charge is 2.30. The number of aryl methyl sites for hydroxylation is 2. The Kier molecular flexibility index (Phi) is 8.76. The standard InChI is InChI=1S/C35H31ClN2O3S/c1-25-16-22-30(23-17-25)42(40,41)38(24-27-18-20-29(36)21-19-27)33-15-9-8-14-32(33)35(39)37-34(28-11-4-3-5-12-28)31-13-7-6-10-26(31)2/h3-23,34H,24H2,1-2H3,(H,37,39). The third-order valence-corrected chi connectivity index (χ3v) is 9.20. The minimum atomic E-state index is -4.05. The Morgan fingerprint density at radius 1 is 0.762 bits per heavy atom. The molecule has 0 spiro atoms. The summed E-state index contributed by atoms with van der Waals surface area (Å²) in [5.74, 6) is -0.386. The molecule has 0 radical (unpaired) electrons. The zero-order valence-electron chi connectivity index (χ0n) is 23.4. The Morgan fingerprint density at radius 3 is 2.07 bits per heavy atom. The lowest BCUT2D eigenvalue weighted by Gasteiger charge is -2.28. The molecule has 0 aromatic heterocycles. The number of nitrogens with one attached hydrogen (secondary N) is 1. The third-order valence-electron chi connectivity index (χ3n) is 7.17. The number of amides is 1. The van der Waals surface area contributed by atoms with E-state index in [4.69, 9.17) is 11.6 Å². The number of hydrogen-bond acceptors (Lipinski definition) is 3. The Bertz CT molecular complexity index is 1790. The summed E-state index contributed by atoms with van der Waals surface area (Å²) in [4.78, 5) is 14.2. The number of sulfonamides is 1. The van der Waals surface area contributed by atoms with Crippen LogP contribution in [0.4, 0.5) is 5.69 Å². The van der Waals surface area contributed by atoms with E-state index in [-0.39, 0.29) is 28.6 Å². The second kappa shape index (κ2) is 12.6. The molecular formula is C35H31ClN2O3S. The molecule has 0 saturated carbocycles.